The number of rotatable bonds is 8. The Balaban J connectivity index is 3.17. The third-order valence-corrected chi connectivity index (χ3v) is 3.78. The van der Waals surface area contributed by atoms with E-state index in [-0.39, 0.29) is 11.9 Å². The Labute approximate surface area is 129 Å². The van der Waals surface area contributed by atoms with Crippen LogP contribution in [0.15, 0.2) is 18.2 Å². The summed E-state index contributed by atoms with van der Waals surface area (Å²) in [5.74, 6) is -0.128. The van der Waals surface area contributed by atoms with Crippen LogP contribution < -0.4 is 10.2 Å². The lowest BCUT2D eigenvalue weighted by Crippen LogP contribution is -2.41. The van der Waals surface area contributed by atoms with Gasteiger partial charge in [0.25, 0.3) is 0 Å². The first-order chi connectivity index (χ1) is 9.92. The Morgan fingerprint density at radius 3 is 2.38 bits per heavy atom. The summed E-state index contributed by atoms with van der Waals surface area (Å²) in [4.78, 5) is 4.45. The van der Waals surface area contributed by atoms with Gasteiger partial charge in [-0.1, -0.05) is 13.0 Å². The molecule has 0 bridgehead atoms. The molecule has 1 rings (SSSR count). The highest BCUT2D eigenvalue weighted by Crippen LogP contribution is 2.30. The molecule has 0 saturated heterocycles. The van der Waals surface area contributed by atoms with Crippen LogP contribution in [0.25, 0.3) is 0 Å². The van der Waals surface area contributed by atoms with Crippen molar-refractivity contribution in [3.05, 3.63) is 29.6 Å². The van der Waals surface area contributed by atoms with Crippen LogP contribution in [0, 0.1) is 5.82 Å². The normalized spacial score (nSPS) is 14.3. The molecule has 0 amide bonds. The zero-order chi connectivity index (χ0) is 16.0. The summed E-state index contributed by atoms with van der Waals surface area (Å²) in [6, 6.07) is 5.72. The quantitative estimate of drug-likeness (QED) is 0.794. The van der Waals surface area contributed by atoms with Gasteiger partial charge in [-0.2, -0.15) is 0 Å². The molecule has 1 aromatic carbocycles. The monoisotopic (exact) mass is 295 g/mol. The Morgan fingerprint density at radius 1 is 1.19 bits per heavy atom. The van der Waals surface area contributed by atoms with Crippen LogP contribution >= 0.6 is 0 Å². The van der Waals surface area contributed by atoms with E-state index >= 15 is 0 Å². The summed E-state index contributed by atoms with van der Waals surface area (Å²) < 4.78 is 14.4. The van der Waals surface area contributed by atoms with Crippen molar-refractivity contribution in [2.45, 2.75) is 39.8 Å². The Kier molecular flexibility index (Phi) is 7.12. The summed E-state index contributed by atoms with van der Waals surface area (Å²) in [6.07, 6.45) is 0. The molecule has 0 spiro atoms. The Morgan fingerprint density at radius 2 is 1.86 bits per heavy atom. The summed E-state index contributed by atoms with van der Waals surface area (Å²) >= 11 is 0. The molecular weight excluding hydrogens is 265 g/mol. The van der Waals surface area contributed by atoms with Crippen LogP contribution in [0.2, 0.25) is 0 Å². The minimum Gasteiger partial charge on any atom is -0.367 e. The van der Waals surface area contributed by atoms with Gasteiger partial charge in [0.15, 0.2) is 0 Å². The number of benzene rings is 1. The molecule has 0 aliphatic carbocycles. The van der Waals surface area contributed by atoms with Gasteiger partial charge in [-0.05, 0) is 53.5 Å². The zero-order valence-electron chi connectivity index (χ0n) is 14.3. The van der Waals surface area contributed by atoms with Crippen LogP contribution in [-0.4, -0.2) is 44.7 Å². The van der Waals surface area contributed by atoms with Crippen LogP contribution in [0.5, 0.6) is 0 Å². The topological polar surface area (TPSA) is 18.5 Å². The van der Waals surface area contributed by atoms with Crippen LogP contribution in [-0.2, 0) is 0 Å². The SMILES string of the molecule is CCNC(C)c1c(F)cccc1N(CC)C(C)CN(C)C. The predicted molar refractivity (Wildman–Crippen MR) is 89.5 cm³/mol. The summed E-state index contributed by atoms with van der Waals surface area (Å²) in [7, 11) is 4.14. The number of halogens is 1. The van der Waals surface area contributed by atoms with E-state index in [4.69, 9.17) is 0 Å². The number of nitrogens with one attached hydrogen (secondary N) is 1. The van der Waals surface area contributed by atoms with Crippen molar-refractivity contribution in [2.75, 3.05) is 38.6 Å². The zero-order valence-corrected chi connectivity index (χ0v) is 14.3. The van der Waals surface area contributed by atoms with Crippen LogP contribution in [0.3, 0.4) is 0 Å². The molecular formula is C17H30FN3. The fraction of sp³-hybridized carbons (Fsp3) is 0.647. The minimum atomic E-state index is -0.128. The van der Waals surface area contributed by atoms with Crippen LogP contribution in [0.1, 0.15) is 39.3 Å². The smallest absolute Gasteiger partial charge is 0.130 e. The largest absolute Gasteiger partial charge is 0.367 e. The van der Waals surface area contributed by atoms with E-state index in [0.29, 0.717) is 6.04 Å². The second kappa shape index (κ2) is 8.35. The lowest BCUT2D eigenvalue weighted by atomic mass is 10.0. The highest BCUT2D eigenvalue weighted by molar-refractivity contribution is 5.56. The molecule has 0 fully saturated rings. The first-order valence-corrected chi connectivity index (χ1v) is 7.85. The molecule has 0 radical (unpaired) electrons. The molecule has 4 heteroatoms. The fourth-order valence-corrected chi connectivity index (χ4v) is 2.96. The van der Waals surface area contributed by atoms with Crippen molar-refractivity contribution < 1.29 is 4.39 Å². The molecule has 0 heterocycles. The first-order valence-electron chi connectivity index (χ1n) is 7.85. The molecule has 0 saturated carbocycles. The fourth-order valence-electron chi connectivity index (χ4n) is 2.96. The van der Waals surface area contributed by atoms with E-state index in [1.54, 1.807) is 12.1 Å². The maximum Gasteiger partial charge on any atom is 0.130 e. The van der Waals surface area contributed by atoms with Gasteiger partial charge in [-0.3, -0.25) is 0 Å². The molecule has 2 unspecified atom stereocenters. The van der Waals surface area contributed by atoms with E-state index in [2.05, 4.69) is 43.1 Å². The number of nitrogens with zero attached hydrogens (tertiary/aromatic N) is 2. The average Bonchev–Trinajstić information content (AvgIpc) is 2.38. The van der Waals surface area contributed by atoms with Gasteiger partial charge in [0.2, 0.25) is 0 Å². The third kappa shape index (κ3) is 4.68. The van der Waals surface area contributed by atoms with Gasteiger partial charge in [0.1, 0.15) is 5.82 Å². The lowest BCUT2D eigenvalue weighted by Gasteiger charge is -2.34. The number of hydrogen-bond donors (Lipinski definition) is 1. The second-order valence-corrected chi connectivity index (χ2v) is 5.85. The van der Waals surface area contributed by atoms with E-state index in [1.165, 1.54) is 0 Å². The van der Waals surface area contributed by atoms with E-state index in [1.807, 2.05) is 19.9 Å². The first kappa shape index (κ1) is 17.9. The molecule has 0 aliphatic rings. The molecule has 0 aliphatic heterocycles. The molecule has 2 atom stereocenters. The summed E-state index contributed by atoms with van der Waals surface area (Å²) in [5.41, 5.74) is 1.77. The third-order valence-electron chi connectivity index (χ3n) is 3.78. The average molecular weight is 295 g/mol. The molecule has 21 heavy (non-hydrogen) atoms. The van der Waals surface area contributed by atoms with Crippen LogP contribution in [0.4, 0.5) is 10.1 Å². The summed E-state index contributed by atoms with van der Waals surface area (Å²) in [6.45, 7) is 11.0. The lowest BCUT2D eigenvalue weighted by molar-refractivity contribution is 0.372. The molecule has 0 aromatic heterocycles. The number of hydrogen-bond acceptors (Lipinski definition) is 3. The van der Waals surface area contributed by atoms with Crippen molar-refractivity contribution in [3.63, 3.8) is 0 Å². The Bertz CT molecular complexity index is 434. The second-order valence-electron chi connectivity index (χ2n) is 5.85. The van der Waals surface area contributed by atoms with Crippen molar-refractivity contribution >= 4 is 5.69 Å². The van der Waals surface area contributed by atoms with E-state index in [9.17, 15) is 4.39 Å². The van der Waals surface area contributed by atoms with Gasteiger partial charge in [0.05, 0.1) is 0 Å². The molecule has 120 valence electrons. The van der Waals surface area contributed by atoms with Crippen molar-refractivity contribution in [1.29, 1.82) is 0 Å². The van der Waals surface area contributed by atoms with Gasteiger partial charge in [-0.15, -0.1) is 0 Å². The van der Waals surface area contributed by atoms with Gasteiger partial charge in [-0.25, -0.2) is 4.39 Å². The van der Waals surface area contributed by atoms with Crippen molar-refractivity contribution in [2.24, 2.45) is 0 Å². The van der Waals surface area contributed by atoms with Crippen molar-refractivity contribution in [3.8, 4) is 0 Å². The highest BCUT2D eigenvalue weighted by atomic mass is 19.1. The van der Waals surface area contributed by atoms with E-state index in [0.717, 1.165) is 30.9 Å². The van der Waals surface area contributed by atoms with Crippen molar-refractivity contribution in [1.82, 2.24) is 10.2 Å². The van der Waals surface area contributed by atoms with Gasteiger partial charge < -0.3 is 15.1 Å². The molecule has 1 N–H and O–H groups in total. The maximum atomic E-state index is 14.4. The van der Waals surface area contributed by atoms with E-state index < -0.39 is 0 Å². The Hall–Kier alpha value is -1.13. The summed E-state index contributed by atoms with van der Waals surface area (Å²) in [5, 5.41) is 3.32. The number of anilines is 1. The van der Waals surface area contributed by atoms with Gasteiger partial charge in [0, 0.05) is 36.4 Å². The highest BCUT2D eigenvalue weighted by Gasteiger charge is 2.21. The maximum absolute atomic E-state index is 14.4. The molecule has 3 nitrogen and oxygen atoms in total. The number of likely N-dealkylation sites (N-methyl/N-ethyl adjacent to an activating group) is 2. The van der Waals surface area contributed by atoms with Gasteiger partial charge >= 0.3 is 0 Å². The predicted octanol–water partition coefficient (Wildman–Crippen LogP) is 3.27. The standard InChI is InChI=1S/C17H30FN3/c1-7-19-14(4)17-15(18)10-9-11-16(17)21(8-2)13(3)12-20(5)6/h9-11,13-14,19H,7-8,12H2,1-6H3. The molecule has 1 aromatic rings. The minimum absolute atomic E-state index is 0.00630.